The molecule has 3 N–H and O–H groups in total. The molecule has 0 spiro atoms. The van der Waals surface area contributed by atoms with Crippen molar-refractivity contribution >= 4 is 5.91 Å². The first-order chi connectivity index (χ1) is 10.3. The highest BCUT2D eigenvalue weighted by Crippen LogP contribution is 2.35. The molecule has 1 aromatic carbocycles. The van der Waals surface area contributed by atoms with Gasteiger partial charge in [-0.1, -0.05) is 40.2 Å². The van der Waals surface area contributed by atoms with Crippen molar-refractivity contribution in [1.82, 2.24) is 5.32 Å². The molecule has 0 bridgehead atoms. The number of rotatable bonds is 4. The summed E-state index contributed by atoms with van der Waals surface area (Å²) in [6, 6.07) is 6.16. The number of hydrogen-bond acceptors (Lipinski definition) is 3. The van der Waals surface area contributed by atoms with Crippen LogP contribution in [0, 0.1) is 5.41 Å². The lowest BCUT2D eigenvalue weighted by molar-refractivity contribution is -0.129. The van der Waals surface area contributed by atoms with Crippen molar-refractivity contribution in [3.05, 3.63) is 29.3 Å². The van der Waals surface area contributed by atoms with Gasteiger partial charge in [0.25, 0.3) is 0 Å². The molecule has 0 saturated heterocycles. The smallest absolute Gasteiger partial charge is 0.225 e. The van der Waals surface area contributed by atoms with Crippen LogP contribution in [-0.2, 0) is 4.79 Å². The maximum atomic E-state index is 12.3. The number of ether oxygens (including phenoxy) is 1. The summed E-state index contributed by atoms with van der Waals surface area (Å²) in [7, 11) is 0. The van der Waals surface area contributed by atoms with Gasteiger partial charge in [-0.05, 0) is 24.1 Å². The zero-order valence-corrected chi connectivity index (χ0v) is 14.1. The van der Waals surface area contributed by atoms with Gasteiger partial charge in [-0.25, -0.2) is 0 Å². The highest BCUT2D eigenvalue weighted by molar-refractivity contribution is 5.81. The third kappa shape index (κ3) is 3.80. The van der Waals surface area contributed by atoms with Crippen molar-refractivity contribution in [2.75, 3.05) is 6.61 Å². The van der Waals surface area contributed by atoms with Gasteiger partial charge in [0.1, 0.15) is 5.75 Å². The summed E-state index contributed by atoms with van der Waals surface area (Å²) in [6.07, 6.45) is 2.80. The minimum Gasteiger partial charge on any atom is -0.493 e. The van der Waals surface area contributed by atoms with Gasteiger partial charge in [-0.15, -0.1) is 0 Å². The van der Waals surface area contributed by atoms with Gasteiger partial charge in [-0.3, -0.25) is 4.79 Å². The summed E-state index contributed by atoms with van der Waals surface area (Å²) in [5.74, 6) is 0.923. The summed E-state index contributed by atoms with van der Waals surface area (Å²) >= 11 is 0. The Morgan fingerprint density at radius 1 is 1.45 bits per heavy atom. The first kappa shape index (κ1) is 16.8. The molecule has 2 rings (SSSR count). The van der Waals surface area contributed by atoms with Crippen molar-refractivity contribution in [1.29, 1.82) is 0 Å². The molecule has 4 nitrogen and oxygen atoms in total. The number of nitrogens with one attached hydrogen (secondary N) is 1. The predicted octanol–water partition coefficient (Wildman–Crippen LogP) is 3.47. The Balaban J connectivity index is 2.24. The zero-order valence-electron chi connectivity index (χ0n) is 14.1. The van der Waals surface area contributed by atoms with E-state index in [1.54, 1.807) is 0 Å². The molecule has 1 heterocycles. The second kappa shape index (κ2) is 6.69. The fourth-order valence-corrected chi connectivity index (χ4v) is 2.65. The lowest BCUT2D eigenvalue weighted by Gasteiger charge is -2.30. The van der Waals surface area contributed by atoms with Crippen molar-refractivity contribution in [2.24, 2.45) is 11.1 Å². The Morgan fingerprint density at radius 3 is 2.82 bits per heavy atom. The number of fused-ring (bicyclic) bond motifs is 1. The van der Waals surface area contributed by atoms with Gasteiger partial charge in [0.05, 0.1) is 12.6 Å². The highest BCUT2D eigenvalue weighted by Gasteiger charge is 2.28. The molecule has 0 fully saturated rings. The van der Waals surface area contributed by atoms with E-state index in [1.165, 1.54) is 0 Å². The predicted molar refractivity (Wildman–Crippen MR) is 88.7 cm³/mol. The average Bonchev–Trinajstić information content (AvgIpc) is 2.46. The van der Waals surface area contributed by atoms with Crippen LogP contribution in [0.5, 0.6) is 5.75 Å². The molecule has 2 unspecified atom stereocenters. The first-order valence-electron chi connectivity index (χ1n) is 8.16. The molecule has 0 radical (unpaired) electrons. The molecule has 0 aliphatic carbocycles. The molecule has 2 atom stereocenters. The molecular weight excluding hydrogens is 276 g/mol. The van der Waals surface area contributed by atoms with E-state index >= 15 is 0 Å². The van der Waals surface area contributed by atoms with E-state index < -0.39 is 5.41 Å². The summed E-state index contributed by atoms with van der Waals surface area (Å²) < 4.78 is 5.72. The number of carbonyl (C=O) groups excluding carboxylic acids is 1. The molecule has 1 aliphatic rings. The van der Waals surface area contributed by atoms with Crippen LogP contribution in [0.1, 0.15) is 70.2 Å². The van der Waals surface area contributed by atoms with Crippen LogP contribution in [0.2, 0.25) is 0 Å². The maximum Gasteiger partial charge on any atom is 0.225 e. The van der Waals surface area contributed by atoms with Crippen molar-refractivity contribution < 1.29 is 9.53 Å². The molecule has 0 aromatic heterocycles. The van der Waals surface area contributed by atoms with E-state index in [2.05, 4.69) is 18.3 Å². The van der Waals surface area contributed by atoms with E-state index in [-0.39, 0.29) is 18.0 Å². The van der Waals surface area contributed by atoms with E-state index in [0.717, 1.165) is 36.1 Å². The maximum absolute atomic E-state index is 12.3. The van der Waals surface area contributed by atoms with Gasteiger partial charge in [0.15, 0.2) is 0 Å². The SMILES string of the molecule is CCCC(N)c1ccc2c(c1)C(NC(=O)C(C)(C)C)CCO2. The molecule has 122 valence electrons. The molecule has 1 aromatic rings. The van der Waals surface area contributed by atoms with Gasteiger partial charge in [0.2, 0.25) is 5.91 Å². The quantitative estimate of drug-likeness (QED) is 0.895. The number of amides is 1. The van der Waals surface area contributed by atoms with E-state index in [1.807, 2.05) is 32.9 Å². The number of benzene rings is 1. The molecule has 1 aliphatic heterocycles. The molecule has 4 heteroatoms. The Bertz CT molecular complexity index is 534. The van der Waals surface area contributed by atoms with Crippen molar-refractivity contribution in [3.63, 3.8) is 0 Å². The van der Waals surface area contributed by atoms with Gasteiger partial charge < -0.3 is 15.8 Å². The van der Waals surface area contributed by atoms with Crippen LogP contribution in [0.15, 0.2) is 18.2 Å². The third-order valence-electron chi connectivity index (χ3n) is 4.09. The Morgan fingerprint density at radius 2 is 2.18 bits per heavy atom. The minimum atomic E-state index is -0.394. The second-order valence-corrected chi connectivity index (χ2v) is 7.11. The topological polar surface area (TPSA) is 64.3 Å². The fourth-order valence-electron chi connectivity index (χ4n) is 2.65. The third-order valence-corrected chi connectivity index (χ3v) is 4.09. The van der Waals surface area contributed by atoms with Crippen molar-refractivity contribution in [3.8, 4) is 5.75 Å². The number of carbonyl (C=O) groups is 1. The van der Waals surface area contributed by atoms with Crippen LogP contribution < -0.4 is 15.8 Å². The monoisotopic (exact) mass is 304 g/mol. The fraction of sp³-hybridized carbons (Fsp3) is 0.611. The minimum absolute atomic E-state index is 0.00394. The van der Waals surface area contributed by atoms with Gasteiger partial charge in [0, 0.05) is 23.4 Å². The van der Waals surface area contributed by atoms with E-state index in [0.29, 0.717) is 6.61 Å². The largest absolute Gasteiger partial charge is 0.493 e. The Kier molecular flexibility index (Phi) is 5.12. The van der Waals surface area contributed by atoms with E-state index in [9.17, 15) is 4.79 Å². The zero-order chi connectivity index (χ0) is 16.3. The molecule has 1 amide bonds. The Hall–Kier alpha value is -1.55. The molecular formula is C18H28N2O2. The highest BCUT2D eigenvalue weighted by atomic mass is 16.5. The average molecular weight is 304 g/mol. The van der Waals surface area contributed by atoms with Gasteiger partial charge >= 0.3 is 0 Å². The number of hydrogen-bond donors (Lipinski definition) is 2. The summed E-state index contributed by atoms with van der Waals surface area (Å²) in [5.41, 5.74) is 7.99. The van der Waals surface area contributed by atoms with Crippen LogP contribution in [0.4, 0.5) is 0 Å². The summed E-state index contributed by atoms with van der Waals surface area (Å²) in [4.78, 5) is 12.3. The Labute approximate surface area is 133 Å². The van der Waals surface area contributed by atoms with Gasteiger partial charge in [-0.2, -0.15) is 0 Å². The standard InChI is InChI=1S/C18H28N2O2/c1-5-6-14(19)12-7-8-16-13(11-12)15(9-10-22-16)20-17(21)18(2,3)4/h7-8,11,14-15H,5-6,9-10,19H2,1-4H3,(H,20,21). The summed E-state index contributed by atoms with van der Waals surface area (Å²) in [5, 5.41) is 3.15. The van der Waals surface area contributed by atoms with Crippen molar-refractivity contribution in [2.45, 2.75) is 59.0 Å². The lowest BCUT2D eigenvalue weighted by Crippen LogP contribution is -2.39. The van der Waals surface area contributed by atoms with Crippen LogP contribution in [0.25, 0.3) is 0 Å². The normalized spacial score (nSPS) is 19.0. The first-order valence-corrected chi connectivity index (χ1v) is 8.16. The van der Waals surface area contributed by atoms with Crippen LogP contribution in [0.3, 0.4) is 0 Å². The number of nitrogens with two attached hydrogens (primary N) is 1. The lowest BCUT2D eigenvalue weighted by atomic mass is 9.91. The molecule has 0 saturated carbocycles. The van der Waals surface area contributed by atoms with E-state index in [4.69, 9.17) is 10.5 Å². The van der Waals surface area contributed by atoms with Crippen LogP contribution in [-0.4, -0.2) is 12.5 Å². The second-order valence-electron chi connectivity index (χ2n) is 7.11. The van der Waals surface area contributed by atoms with Crippen LogP contribution >= 0.6 is 0 Å². The molecule has 22 heavy (non-hydrogen) atoms. The summed E-state index contributed by atoms with van der Waals surface area (Å²) in [6.45, 7) is 8.54.